The van der Waals surface area contributed by atoms with E-state index in [1.165, 1.54) is 35.2 Å². The first-order chi connectivity index (χ1) is 10.0. The Morgan fingerprint density at radius 3 is 3.00 bits per heavy atom. The number of aryl methyl sites for hydroxylation is 1. The van der Waals surface area contributed by atoms with Crippen molar-refractivity contribution < 1.29 is 14.8 Å². The fraction of sp³-hybridized carbons (Fsp3) is 0.333. The molecule has 2 aromatic rings. The monoisotopic (exact) mass is 327 g/mol. The Kier molecular flexibility index (Phi) is 5.48. The Morgan fingerprint density at radius 1 is 1.52 bits per heavy atom. The highest BCUT2D eigenvalue weighted by Crippen LogP contribution is 2.23. The van der Waals surface area contributed by atoms with Gasteiger partial charge in [-0.05, 0) is 13.0 Å². The molecule has 1 aromatic heterocycles. The van der Waals surface area contributed by atoms with Gasteiger partial charge in [-0.25, -0.2) is 0 Å². The molecule has 0 aliphatic carbocycles. The topological polar surface area (TPSA) is 98.4 Å². The van der Waals surface area contributed by atoms with Gasteiger partial charge in [-0.2, -0.15) is 0 Å². The van der Waals surface area contributed by atoms with Gasteiger partial charge < -0.3 is 9.84 Å². The number of thioether (sulfide) groups is 1. The van der Waals surface area contributed by atoms with Crippen molar-refractivity contribution in [1.82, 2.24) is 10.2 Å². The third-order valence-electron chi connectivity index (χ3n) is 2.38. The van der Waals surface area contributed by atoms with Gasteiger partial charge in [-0.15, -0.1) is 10.2 Å². The normalized spacial score (nSPS) is 12.1. The van der Waals surface area contributed by atoms with Crippen molar-refractivity contribution in [2.45, 2.75) is 17.4 Å². The molecule has 1 N–H and O–H groups in total. The molecule has 0 amide bonds. The maximum Gasteiger partial charge on any atom is 0.273 e. The lowest BCUT2D eigenvalue weighted by Crippen LogP contribution is -2.20. The van der Waals surface area contributed by atoms with E-state index in [1.807, 2.05) is 6.92 Å². The Bertz CT molecular complexity index is 620. The molecule has 0 aliphatic rings. The summed E-state index contributed by atoms with van der Waals surface area (Å²) >= 11 is 2.86. The number of rotatable bonds is 7. The van der Waals surface area contributed by atoms with Crippen LogP contribution in [0, 0.1) is 17.0 Å². The van der Waals surface area contributed by atoms with Crippen LogP contribution in [-0.4, -0.2) is 38.7 Å². The van der Waals surface area contributed by atoms with Crippen molar-refractivity contribution in [2.75, 3.05) is 12.4 Å². The maximum absolute atomic E-state index is 10.6. The SMILES string of the molecule is Cc1nnc(SCC(O)COc2cccc([N+](=O)[O-])c2)s1. The smallest absolute Gasteiger partial charge is 0.273 e. The molecule has 0 bridgehead atoms. The van der Waals surface area contributed by atoms with E-state index < -0.39 is 11.0 Å². The van der Waals surface area contributed by atoms with Gasteiger partial charge in [0.25, 0.3) is 5.69 Å². The summed E-state index contributed by atoms with van der Waals surface area (Å²) in [6.45, 7) is 1.93. The number of aromatic nitrogens is 2. The minimum absolute atomic E-state index is 0.0410. The van der Waals surface area contributed by atoms with Crippen molar-refractivity contribution in [3.8, 4) is 5.75 Å². The molecule has 0 spiro atoms. The number of nitro benzene ring substituents is 1. The van der Waals surface area contributed by atoms with Crippen LogP contribution in [-0.2, 0) is 0 Å². The number of non-ortho nitro benzene ring substituents is 1. The first kappa shape index (κ1) is 15.7. The van der Waals surface area contributed by atoms with Crippen LogP contribution in [0.2, 0.25) is 0 Å². The molecule has 0 aliphatic heterocycles. The van der Waals surface area contributed by atoms with E-state index in [-0.39, 0.29) is 12.3 Å². The minimum Gasteiger partial charge on any atom is -0.491 e. The molecule has 1 atom stereocenters. The summed E-state index contributed by atoms with van der Waals surface area (Å²) in [7, 11) is 0. The highest BCUT2D eigenvalue weighted by molar-refractivity contribution is 8.01. The molecule has 112 valence electrons. The molecule has 1 aromatic carbocycles. The van der Waals surface area contributed by atoms with Crippen molar-refractivity contribution in [3.63, 3.8) is 0 Å². The van der Waals surface area contributed by atoms with Gasteiger partial charge in [0.05, 0.1) is 17.1 Å². The van der Waals surface area contributed by atoms with Crippen LogP contribution >= 0.6 is 23.1 Å². The van der Waals surface area contributed by atoms with Crippen LogP contribution in [0.3, 0.4) is 0 Å². The molecule has 2 rings (SSSR count). The number of ether oxygens (including phenoxy) is 1. The third-order valence-corrected chi connectivity index (χ3v) is 4.49. The Balaban J connectivity index is 1.79. The van der Waals surface area contributed by atoms with Gasteiger partial charge in [-0.1, -0.05) is 29.2 Å². The summed E-state index contributed by atoms with van der Waals surface area (Å²) in [5, 5.41) is 29.2. The average Bonchev–Trinajstić information content (AvgIpc) is 2.89. The second-order valence-electron chi connectivity index (χ2n) is 4.12. The number of nitrogens with zero attached hydrogens (tertiary/aromatic N) is 3. The van der Waals surface area contributed by atoms with Crippen molar-refractivity contribution in [3.05, 3.63) is 39.4 Å². The van der Waals surface area contributed by atoms with E-state index in [2.05, 4.69) is 10.2 Å². The third kappa shape index (κ3) is 4.96. The maximum atomic E-state index is 10.6. The molecule has 0 saturated heterocycles. The molecule has 1 heterocycles. The quantitative estimate of drug-likeness (QED) is 0.473. The zero-order valence-corrected chi connectivity index (χ0v) is 12.8. The van der Waals surface area contributed by atoms with E-state index in [0.29, 0.717) is 11.5 Å². The summed E-state index contributed by atoms with van der Waals surface area (Å²) in [6.07, 6.45) is -0.696. The molecule has 21 heavy (non-hydrogen) atoms. The first-order valence-corrected chi connectivity index (χ1v) is 7.83. The summed E-state index contributed by atoms with van der Waals surface area (Å²) < 4.78 is 6.15. The summed E-state index contributed by atoms with van der Waals surface area (Å²) in [5.41, 5.74) is -0.0410. The molecular formula is C12H13N3O4S2. The minimum atomic E-state index is -0.696. The number of hydrogen-bond donors (Lipinski definition) is 1. The van der Waals surface area contributed by atoms with E-state index in [9.17, 15) is 15.2 Å². The average molecular weight is 327 g/mol. The van der Waals surface area contributed by atoms with Gasteiger partial charge in [0.15, 0.2) is 4.34 Å². The lowest BCUT2D eigenvalue weighted by atomic mass is 10.3. The lowest BCUT2D eigenvalue weighted by Gasteiger charge is -2.11. The largest absolute Gasteiger partial charge is 0.491 e. The van der Waals surface area contributed by atoms with Crippen LogP contribution in [0.15, 0.2) is 28.6 Å². The van der Waals surface area contributed by atoms with Gasteiger partial charge in [0, 0.05) is 11.8 Å². The standard InChI is InChI=1S/C12H13N3O4S2/c1-8-13-14-12(21-8)20-7-10(16)6-19-11-4-2-3-9(5-11)15(17)18/h2-5,10,16H,6-7H2,1H3. The predicted octanol–water partition coefficient (Wildman–Crippen LogP) is 2.29. The number of benzene rings is 1. The molecule has 9 heteroatoms. The van der Waals surface area contributed by atoms with Crippen LogP contribution in [0.5, 0.6) is 5.75 Å². The molecule has 0 saturated carbocycles. The van der Waals surface area contributed by atoms with Crippen molar-refractivity contribution >= 4 is 28.8 Å². The van der Waals surface area contributed by atoms with E-state index >= 15 is 0 Å². The lowest BCUT2D eigenvalue weighted by molar-refractivity contribution is -0.384. The fourth-order valence-electron chi connectivity index (χ4n) is 1.43. The Labute approximate surface area is 129 Å². The predicted molar refractivity (Wildman–Crippen MR) is 80.0 cm³/mol. The number of aliphatic hydroxyl groups excluding tert-OH is 1. The summed E-state index contributed by atoms with van der Waals surface area (Å²) in [4.78, 5) is 10.1. The number of nitro groups is 1. The fourth-order valence-corrected chi connectivity index (χ4v) is 3.18. The van der Waals surface area contributed by atoms with Crippen LogP contribution in [0.4, 0.5) is 5.69 Å². The van der Waals surface area contributed by atoms with Crippen molar-refractivity contribution in [1.29, 1.82) is 0 Å². The summed E-state index contributed by atoms with van der Waals surface area (Å²) in [6, 6.07) is 5.87. The molecule has 0 radical (unpaired) electrons. The van der Waals surface area contributed by atoms with Gasteiger partial charge in [-0.3, -0.25) is 10.1 Å². The highest BCUT2D eigenvalue weighted by atomic mass is 32.2. The highest BCUT2D eigenvalue weighted by Gasteiger charge is 2.11. The number of hydrogen-bond acceptors (Lipinski definition) is 8. The van der Waals surface area contributed by atoms with E-state index in [1.54, 1.807) is 12.1 Å². The zero-order chi connectivity index (χ0) is 15.2. The summed E-state index contributed by atoms with van der Waals surface area (Å²) in [5.74, 6) is 0.781. The van der Waals surface area contributed by atoms with Gasteiger partial charge in [0.2, 0.25) is 0 Å². The Morgan fingerprint density at radius 2 is 2.33 bits per heavy atom. The second-order valence-corrected chi connectivity index (χ2v) is 6.57. The van der Waals surface area contributed by atoms with Gasteiger partial charge >= 0.3 is 0 Å². The van der Waals surface area contributed by atoms with Gasteiger partial charge in [0.1, 0.15) is 17.4 Å². The van der Waals surface area contributed by atoms with E-state index in [4.69, 9.17) is 4.74 Å². The van der Waals surface area contributed by atoms with E-state index in [0.717, 1.165) is 9.35 Å². The van der Waals surface area contributed by atoms with Crippen molar-refractivity contribution in [2.24, 2.45) is 0 Å². The van der Waals surface area contributed by atoms with Crippen LogP contribution in [0.25, 0.3) is 0 Å². The van der Waals surface area contributed by atoms with Crippen LogP contribution in [0.1, 0.15) is 5.01 Å². The molecule has 7 nitrogen and oxygen atoms in total. The zero-order valence-electron chi connectivity index (χ0n) is 11.1. The Hall–Kier alpha value is -1.71. The first-order valence-electron chi connectivity index (χ1n) is 6.03. The number of aliphatic hydroxyl groups is 1. The molecule has 1 unspecified atom stereocenters. The molecular weight excluding hydrogens is 314 g/mol. The van der Waals surface area contributed by atoms with Crippen LogP contribution < -0.4 is 4.74 Å². The molecule has 0 fully saturated rings. The second kappa shape index (κ2) is 7.34.